The van der Waals surface area contributed by atoms with Crippen LogP contribution in [0.4, 0.5) is 5.69 Å². The molecule has 0 heterocycles. The van der Waals surface area contributed by atoms with E-state index in [-0.39, 0.29) is 10.6 Å². The van der Waals surface area contributed by atoms with Crippen LogP contribution in [-0.2, 0) is 20.0 Å². The van der Waals surface area contributed by atoms with E-state index in [9.17, 15) is 16.8 Å². The van der Waals surface area contributed by atoms with Crippen LogP contribution in [0.2, 0.25) is 5.02 Å². The molecule has 0 aliphatic rings. The number of nitrogens with one attached hydrogen (secondary N) is 1. The van der Waals surface area contributed by atoms with E-state index in [1.165, 1.54) is 30.0 Å². The number of primary sulfonamides is 1. The molecule has 0 amide bonds. The fraction of sp³-hybridized carbons (Fsp3) is 0.0769. The highest BCUT2D eigenvalue weighted by Gasteiger charge is 2.15. The fourth-order valence-electron chi connectivity index (χ4n) is 1.71. The van der Waals surface area contributed by atoms with Gasteiger partial charge in [-0.05, 0) is 36.4 Å². The Morgan fingerprint density at radius 3 is 2.35 bits per heavy atom. The summed E-state index contributed by atoms with van der Waals surface area (Å²) in [6.07, 6.45) is 1.01. The molecule has 2 aromatic carbocycles. The molecule has 0 aliphatic heterocycles. The first-order chi connectivity index (χ1) is 10.5. The molecule has 2 rings (SSSR count). The van der Waals surface area contributed by atoms with Crippen LogP contribution in [0.15, 0.2) is 57.2 Å². The molecular weight excluding hydrogens is 380 g/mol. The highest BCUT2D eigenvalue weighted by molar-refractivity contribution is 7.99. The number of nitrogens with two attached hydrogens (primary N) is 1. The zero-order valence-corrected chi connectivity index (χ0v) is 15.1. The van der Waals surface area contributed by atoms with Crippen LogP contribution in [-0.4, -0.2) is 23.1 Å². The zero-order valence-electron chi connectivity index (χ0n) is 11.9. The summed E-state index contributed by atoms with van der Waals surface area (Å²) in [7, 11) is -7.42. The van der Waals surface area contributed by atoms with E-state index in [0.717, 1.165) is 11.2 Å². The van der Waals surface area contributed by atoms with E-state index in [1.54, 1.807) is 24.3 Å². The third-order valence-corrected chi connectivity index (χ3v) is 5.38. The summed E-state index contributed by atoms with van der Waals surface area (Å²) in [5.74, 6) is 0. The molecule has 0 saturated carbocycles. The monoisotopic (exact) mass is 392 g/mol. The molecule has 2 aromatic rings. The molecule has 10 heteroatoms. The lowest BCUT2D eigenvalue weighted by Gasteiger charge is -2.12. The Morgan fingerprint density at radius 2 is 1.78 bits per heavy atom. The van der Waals surface area contributed by atoms with Gasteiger partial charge in [0.15, 0.2) is 0 Å². The lowest BCUT2D eigenvalue weighted by molar-refractivity contribution is 0.597. The molecule has 6 nitrogen and oxygen atoms in total. The number of sulfonamides is 2. The van der Waals surface area contributed by atoms with Gasteiger partial charge in [0.1, 0.15) is 0 Å². The van der Waals surface area contributed by atoms with E-state index in [1.807, 2.05) is 0 Å². The van der Waals surface area contributed by atoms with E-state index in [4.69, 9.17) is 16.7 Å². The summed E-state index contributed by atoms with van der Waals surface area (Å²) in [4.78, 5) is 1.01. The van der Waals surface area contributed by atoms with Gasteiger partial charge < -0.3 is 0 Å². The van der Waals surface area contributed by atoms with Gasteiger partial charge in [0.2, 0.25) is 20.0 Å². The number of benzene rings is 2. The van der Waals surface area contributed by atoms with Crippen molar-refractivity contribution in [3.8, 4) is 0 Å². The largest absolute Gasteiger partial charge is 0.283 e. The SMILES string of the molecule is CS(=O)(=O)Nc1ccc(S(N)(=O)=O)cc1Sc1cccc(Cl)c1. The van der Waals surface area contributed by atoms with E-state index < -0.39 is 20.0 Å². The first-order valence-electron chi connectivity index (χ1n) is 6.13. The van der Waals surface area contributed by atoms with Crippen molar-refractivity contribution < 1.29 is 16.8 Å². The van der Waals surface area contributed by atoms with Crippen LogP contribution in [0.25, 0.3) is 0 Å². The highest BCUT2D eigenvalue weighted by Crippen LogP contribution is 2.36. The Balaban J connectivity index is 2.51. The van der Waals surface area contributed by atoms with Crippen LogP contribution >= 0.6 is 23.4 Å². The Morgan fingerprint density at radius 1 is 1.09 bits per heavy atom. The first kappa shape index (κ1) is 18.1. The van der Waals surface area contributed by atoms with Gasteiger partial charge >= 0.3 is 0 Å². The zero-order chi connectivity index (χ0) is 17.3. The van der Waals surface area contributed by atoms with Crippen molar-refractivity contribution in [1.29, 1.82) is 0 Å². The molecule has 0 fully saturated rings. The summed E-state index contributed by atoms with van der Waals surface area (Å²) >= 11 is 7.09. The van der Waals surface area contributed by atoms with Gasteiger partial charge in [0.25, 0.3) is 0 Å². The minimum atomic E-state index is -3.90. The van der Waals surface area contributed by atoms with Gasteiger partial charge in [-0.15, -0.1) is 0 Å². The first-order valence-corrected chi connectivity index (χ1v) is 10.8. The molecule has 0 aromatic heterocycles. The second kappa shape index (κ2) is 6.70. The van der Waals surface area contributed by atoms with Gasteiger partial charge in [-0.25, -0.2) is 22.0 Å². The number of anilines is 1. The Hall–Kier alpha value is -1.26. The molecule has 0 atom stereocenters. The second-order valence-corrected chi connectivity index (χ2v) is 9.50. The predicted octanol–water partition coefficient (Wildman–Crippen LogP) is 2.51. The third kappa shape index (κ3) is 5.40. The predicted molar refractivity (Wildman–Crippen MR) is 91.9 cm³/mol. The van der Waals surface area contributed by atoms with Crippen LogP contribution in [0.5, 0.6) is 0 Å². The van der Waals surface area contributed by atoms with Gasteiger partial charge in [0.05, 0.1) is 16.8 Å². The topological polar surface area (TPSA) is 106 Å². The van der Waals surface area contributed by atoms with Crippen molar-refractivity contribution in [2.24, 2.45) is 5.14 Å². The van der Waals surface area contributed by atoms with Crippen LogP contribution < -0.4 is 9.86 Å². The van der Waals surface area contributed by atoms with Crippen molar-refractivity contribution in [2.75, 3.05) is 11.0 Å². The summed E-state index contributed by atoms with van der Waals surface area (Å²) in [6, 6.07) is 10.8. The third-order valence-electron chi connectivity index (χ3n) is 2.60. The quantitative estimate of drug-likeness (QED) is 0.813. The summed E-state index contributed by atoms with van der Waals surface area (Å²) in [5.41, 5.74) is 0.255. The normalized spacial score (nSPS) is 12.1. The number of halogens is 1. The number of hydrogen-bond acceptors (Lipinski definition) is 5. The molecule has 0 bridgehead atoms. The standard InChI is InChI=1S/C13H13ClN2O4S3/c1-22(17,18)16-12-6-5-11(23(15,19)20)8-13(12)21-10-4-2-3-9(14)7-10/h2-8,16H,1H3,(H2,15,19,20). The summed E-state index contributed by atoms with van der Waals surface area (Å²) in [5, 5.41) is 5.63. The average Bonchev–Trinajstić information content (AvgIpc) is 2.38. The summed E-state index contributed by atoms with van der Waals surface area (Å²) < 4.78 is 48.3. The maximum Gasteiger partial charge on any atom is 0.238 e. The molecule has 0 aliphatic carbocycles. The number of hydrogen-bond donors (Lipinski definition) is 2. The molecule has 0 spiro atoms. The summed E-state index contributed by atoms with van der Waals surface area (Å²) in [6.45, 7) is 0. The van der Waals surface area contributed by atoms with Crippen LogP contribution in [0.1, 0.15) is 0 Å². The lowest BCUT2D eigenvalue weighted by Crippen LogP contribution is -2.14. The second-order valence-electron chi connectivity index (χ2n) is 4.64. The Labute approximate surface area is 144 Å². The molecule has 0 radical (unpaired) electrons. The maximum absolute atomic E-state index is 11.5. The smallest absolute Gasteiger partial charge is 0.238 e. The van der Waals surface area contributed by atoms with Crippen LogP contribution in [0, 0.1) is 0 Å². The fourth-order valence-corrected chi connectivity index (χ4v) is 4.22. The van der Waals surface area contributed by atoms with Crippen molar-refractivity contribution in [3.05, 3.63) is 47.5 Å². The Kier molecular flexibility index (Phi) is 5.27. The Bertz CT molecular complexity index is 943. The van der Waals surface area contributed by atoms with Gasteiger partial charge in [-0.3, -0.25) is 4.72 Å². The van der Waals surface area contributed by atoms with Gasteiger partial charge in [-0.2, -0.15) is 0 Å². The van der Waals surface area contributed by atoms with Gasteiger partial charge in [0, 0.05) is 14.8 Å². The minimum absolute atomic E-state index is 0.110. The lowest BCUT2D eigenvalue weighted by atomic mass is 10.3. The van der Waals surface area contributed by atoms with Crippen molar-refractivity contribution in [2.45, 2.75) is 14.7 Å². The van der Waals surface area contributed by atoms with Crippen molar-refractivity contribution in [1.82, 2.24) is 0 Å². The molecule has 23 heavy (non-hydrogen) atoms. The minimum Gasteiger partial charge on any atom is -0.283 e. The van der Waals surface area contributed by atoms with Gasteiger partial charge in [-0.1, -0.05) is 29.4 Å². The van der Waals surface area contributed by atoms with E-state index in [2.05, 4.69) is 4.72 Å². The molecule has 0 unspecified atom stereocenters. The van der Waals surface area contributed by atoms with Crippen molar-refractivity contribution >= 4 is 49.1 Å². The highest BCUT2D eigenvalue weighted by atomic mass is 35.5. The molecule has 3 N–H and O–H groups in total. The average molecular weight is 393 g/mol. The maximum atomic E-state index is 11.5. The molecule has 124 valence electrons. The van der Waals surface area contributed by atoms with E-state index in [0.29, 0.717) is 9.92 Å². The number of rotatable bonds is 5. The van der Waals surface area contributed by atoms with E-state index >= 15 is 0 Å². The molecule has 0 saturated heterocycles. The van der Waals surface area contributed by atoms with Crippen LogP contribution in [0.3, 0.4) is 0 Å². The molecular formula is C13H13ClN2O4S3. The van der Waals surface area contributed by atoms with Crippen molar-refractivity contribution in [3.63, 3.8) is 0 Å².